The molecule has 0 atom stereocenters. The van der Waals surface area contributed by atoms with E-state index in [0.29, 0.717) is 0 Å². The number of esters is 2. The van der Waals surface area contributed by atoms with Gasteiger partial charge in [0.25, 0.3) is 0 Å². The predicted molar refractivity (Wildman–Crippen MR) is 61.6 cm³/mol. The van der Waals surface area contributed by atoms with Crippen LogP contribution in [0.15, 0.2) is 0 Å². The third kappa shape index (κ3) is 4.08. The molecule has 0 bridgehead atoms. The zero-order valence-corrected chi connectivity index (χ0v) is 11.6. The molecule has 0 N–H and O–H groups in total. The molecule has 0 aliphatic rings. The Balaban J connectivity index is 4.96. The van der Waals surface area contributed by atoms with Crippen molar-refractivity contribution in [3.05, 3.63) is 0 Å². The molecule has 0 aromatic heterocycles. The Bertz CT molecular complexity index is 340. The lowest BCUT2D eigenvalue weighted by atomic mass is 9.82. The van der Waals surface area contributed by atoms with Crippen molar-refractivity contribution in [2.45, 2.75) is 46.0 Å². The maximum absolute atomic E-state index is 12.7. The zero-order chi connectivity index (χ0) is 16.0. The van der Waals surface area contributed by atoms with E-state index in [0.717, 1.165) is 0 Å². The van der Waals surface area contributed by atoms with Crippen LogP contribution in [0.3, 0.4) is 0 Å². The quantitative estimate of drug-likeness (QED) is 0.393. The first-order chi connectivity index (χ1) is 9.17. The van der Waals surface area contributed by atoms with E-state index in [4.69, 9.17) is 4.74 Å². The van der Waals surface area contributed by atoms with Crippen LogP contribution in [0.5, 0.6) is 0 Å². The van der Waals surface area contributed by atoms with Gasteiger partial charge < -0.3 is 9.47 Å². The van der Waals surface area contributed by atoms with Crippen LogP contribution in [0.1, 0.15) is 33.6 Å². The molecule has 0 aliphatic heterocycles. The molecule has 0 aromatic rings. The van der Waals surface area contributed by atoms with Gasteiger partial charge in [-0.2, -0.15) is 8.78 Å². The summed E-state index contributed by atoms with van der Waals surface area (Å²) < 4.78 is 58.3. The zero-order valence-electron chi connectivity index (χ0n) is 11.6. The first-order valence-electron chi connectivity index (χ1n) is 6.18. The molecule has 0 radical (unpaired) electrons. The van der Waals surface area contributed by atoms with Gasteiger partial charge in [-0.05, 0) is 19.8 Å². The molecule has 0 heterocycles. The second-order valence-electron chi connectivity index (χ2n) is 4.15. The number of rotatable bonds is 8. The van der Waals surface area contributed by atoms with Crippen LogP contribution in [-0.2, 0) is 19.1 Å². The minimum atomic E-state index is -4.45. The summed E-state index contributed by atoms with van der Waals surface area (Å²) in [4.78, 5) is 23.6. The van der Waals surface area contributed by atoms with Gasteiger partial charge in [0, 0.05) is 0 Å². The normalized spacial score (nSPS) is 12.4. The van der Waals surface area contributed by atoms with Crippen molar-refractivity contribution in [2.24, 2.45) is 5.41 Å². The fourth-order valence-electron chi connectivity index (χ4n) is 1.54. The van der Waals surface area contributed by atoms with Crippen LogP contribution in [-0.4, -0.2) is 37.5 Å². The second-order valence-corrected chi connectivity index (χ2v) is 4.15. The Morgan fingerprint density at radius 2 is 1.45 bits per heavy atom. The van der Waals surface area contributed by atoms with Crippen molar-refractivity contribution in [3.63, 3.8) is 0 Å². The number of hydrogen-bond acceptors (Lipinski definition) is 4. The maximum atomic E-state index is 12.7. The molecule has 0 amide bonds. The molecule has 0 fully saturated rings. The third-order valence-electron chi connectivity index (χ3n) is 2.98. The molecule has 0 saturated carbocycles. The SMILES string of the molecule is CCOC(=O)C(CC)(CC)C(=O)OCC(F)(F)C(F)F. The van der Waals surface area contributed by atoms with Crippen molar-refractivity contribution in [2.75, 3.05) is 13.2 Å². The average Bonchev–Trinajstić information content (AvgIpc) is 2.38. The van der Waals surface area contributed by atoms with E-state index in [1.165, 1.54) is 20.8 Å². The van der Waals surface area contributed by atoms with Gasteiger partial charge in [0.2, 0.25) is 0 Å². The number of alkyl halides is 4. The Morgan fingerprint density at radius 3 is 1.80 bits per heavy atom. The topological polar surface area (TPSA) is 52.6 Å². The van der Waals surface area contributed by atoms with E-state index >= 15 is 0 Å². The van der Waals surface area contributed by atoms with Crippen molar-refractivity contribution in [1.82, 2.24) is 0 Å². The van der Waals surface area contributed by atoms with Gasteiger partial charge in [-0.3, -0.25) is 9.59 Å². The summed E-state index contributed by atoms with van der Waals surface area (Å²) in [6.07, 6.45) is -4.03. The van der Waals surface area contributed by atoms with Gasteiger partial charge in [-0.1, -0.05) is 13.8 Å². The predicted octanol–water partition coefficient (Wildman–Crippen LogP) is 2.80. The molecule has 118 valence electrons. The van der Waals surface area contributed by atoms with Crippen molar-refractivity contribution >= 4 is 11.9 Å². The highest BCUT2D eigenvalue weighted by Crippen LogP contribution is 2.31. The van der Waals surface area contributed by atoms with E-state index < -0.39 is 36.3 Å². The molecule has 0 spiro atoms. The Morgan fingerprint density at radius 1 is 1.00 bits per heavy atom. The molecule has 0 rings (SSSR count). The van der Waals surface area contributed by atoms with E-state index in [9.17, 15) is 27.2 Å². The molecule has 0 aromatic carbocycles. The van der Waals surface area contributed by atoms with Crippen molar-refractivity contribution in [1.29, 1.82) is 0 Å². The van der Waals surface area contributed by atoms with Gasteiger partial charge in [0.05, 0.1) is 6.61 Å². The van der Waals surface area contributed by atoms with Crippen LogP contribution in [0.2, 0.25) is 0 Å². The summed E-state index contributed by atoms with van der Waals surface area (Å²) in [5, 5.41) is 0. The van der Waals surface area contributed by atoms with Crippen LogP contribution in [0.25, 0.3) is 0 Å². The number of halogens is 4. The monoisotopic (exact) mass is 302 g/mol. The van der Waals surface area contributed by atoms with Crippen LogP contribution >= 0.6 is 0 Å². The maximum Gasteiger partial charge on any atom is 0.340 e. The third-order valence-corrected chi connectivity index (χ3v) is 2.98. The molecule has 8 heteroatoms. The molecular weight excluding hydrogens is 284 g/mol. The molecular formula is C12H18F4O4. The summed E-state index contributed by atoms with van der Waals surface area (Å²) in [6, 6.07) is 0. The molecule has 4 nitrogen and oxygen atoms in total. The van der Waals surface area contributed by atoms with Gasteiger partial charge in [-0.25, -0.2) is 8.78 Å². The van der Waals surface area contributed by atoms with Crippen LogP contribution < -0.4 is 0 Å². The van der Waals surface area contributed by atoms with Gasteiger partial charge >= 0.3 is 24.3 Å². The summed E-state index contributed by atoms with van der Waals surface area (Å²) in [7, 11) is 0. The number of hydrogen-bond donors (Lipinski definition) is 0. The lowest BCUT2D eigenvalue weighted by Crippen LogP contribution is -2.43. The molecule has 0 aliphatic carbocycles. The van der Waals surface area contributed by atoms with Gasteiger partial charge in [-0.15, -0.1) is 0 Å². The van der Waals surface area contributed by atoms with Crippen molar-refractivity contribution in [3.8, 4) is 0 Å². The second kappa shape index (κ2) is 7.44. The minimum absolute atomic E-state index is 0.00105. The van der Waals surface area contributed by atoms with E-state index in [2.05, 4.69) is 4.74 Å². The standard InChI is InChI=1S/C12H18F4O4/c1-4-11(5-2,9(17)19-6-3)10(18)20-7-12(15,16)8(13)14/h8H,4-7H2,1-3H3. The summed E-state index contributed by atoms with van der Waals surface area (Å²) in [6.45, 7) is 2.70. The molecule has 0 saturated heterocycles. The summed E-state index contributed by atoms with van der Waals surface area (Å²) in [5.41, 5.74) is -1.74. The van der Waals surface area contributed by atoms with E-state index in [1.54, 1.807) is 0 Å². The lowest BCUT2D eigenvalue weighted by Gasteiger charge is -2.27. The Labute approximate surface area is 114 Å². The Kier molecular flexibility index (Phi) is 6.95. The smallest absolute Gasteiger partial charge is 0.340 e. The van der Waals surface area contributed by atoms with Crippen LogP contribution in [0, 0.1) is 5.41 Å². The first kappa shape index (κ1) is 18.7. The molecule has 0 unspecified atom stereocenters. The summed E-state index contributed by atoms with van der Waals surface area (Å²) in [5.74, 6) is -6.63. The average molecular weight is 302 g/mol. The van der Waals surface area contributed by atoms with E-state index in [1.807, 2.05) is 0 Å². The summed E-state index contributed by atoms with van der Waals surface area (Å²) >= 11 is 0. The van der Waals surface area contributed by atoms with Crippen molar-refractivity contribution < 1.29 is 36.6 Å². The molecule has 20 heavy (non-hydrogen) atoms. The highest BCUT2D eigenvalue weighted by Gasteiger charge is 2.48. The highest BCUT2D eigenvalue weighted by molar-refractivity contribution is 6.00. The Hall–Kier alpha value is -1.34. The fraction of sp³-hybridized carbons (Fsp3) is 0.833. The van der Waals surface area contributed by atoms with Gasteiger partial charge in [0.15, 0.2) is 12.0 Å². The minimum Gasteiger partial charge on any atom is -0.465 e. The lowest BCUT2D eigenvalue weighted by molar-refractivity contribution is -0.192. The highest BCUT2D eigenvalue weighted by atomic mass is 19.3. The van der Waals surface area contributed by atoms with Gasteiger partial charge in [0.1, 0.15) is 0 Å². The number of carbonyl (C=O) groups excluding carboxylic acids is 2. The number of ether oxygens (including phenoxy) is 2. The van der Waals surface area contributed by atoms with E-state index in [-0.39, 0.29) is 19.4 Å². The van der Waals surface area contributed by atoms with Crippen LogP contribution in [0.4, 0.5) is 17.6 Å². The fourth-order valence-corrected chi connectivity index (χ4v) is 1.54. The number of carbonyl (C=O) groups is 2. The first-order valence-corrected chi connectivity index (χ1v) is 6.18. The largest absolute Gasteiger partial charge is 0.465 e.